The van der Waals surface area contributed by atoms with Crippen LogP contribution in [0.25, 0.3) is 0 Å². The number of anilines is 4. The zero-order valence-corrected chi connectivity index (χ0v) is 48.5. The van der Waals surface area contributed by atoms with E-state index in [-0.39, 0.29) is 56.2 Å². The number of para-hydroxylation sites is 2. The van der Waals surface area contributed by atoms with Gasteiger partial charge in [0.25, 0.3) is 0 Å². The number of carboxylic acids is 1. The first-order valence-electron chi connectivity index (χ1n) is 27.3. The van der Waals surface area contributed by atoms with Crippen LogP contribution in [-0.2, 0) is 64.3 Å². The van der Waals surface area contributed by atoms with E-state index in [0.29, 0.717) is 77.5 Å². The van der Waals surface area contributed by atoms with Crippen LogP contribution >= 0.6 is 22.7 Å². The van der Waals surface area contributed by atoms with Gasteiger partial charge in [0.1, 0.15) is 23.7 Å². The first kappa shape index (κ1) is 67.0. The number of carbonyl (C=O) groups is 8. The Morgan fingerprint density at radius 1 is 0.667 bits per heavy atom. The molecule has 19 nitrogen and oxygen atoms in total. The van der Waals surface area contributed by atoms with Crippen LogP contribution in [0.4, 0.5) is 22.7 Å². The Kier molecular flexibility index (Phi) is 24.4. The second-order valence-corrected chi connectivity index (χ2v) is 23.8. The van der Waals surface area contributed by atoms with Gasteiger partial charge in [-0.3, -0.25) is 38.4 Å². The molecule has 6 atom stereocenters. The summed E-state index contributed by atoms with van der Waals surface area (Å²) in [5, 5.41) is 24.9. The Morgan fingerprint density at radius 3 is 1.44 bits per heavy atom. The molecule has 2 aromatic carbocycles. The number of rotatable bonds is 19. The standard InChI is InChI=1S/C29H39N5O4S.C24H30N4O3S.C5H11NO2.2CH4/c1-5-29(4,30)28(38)32-21(14-18(2)3)26(36)31-22-15-20-8-6-9-23(33-12-7-10-24(33)35)25(20)34(27(22)37)16-19-11-13-39-17-19;1-15(2)11-18(25)23(30)26-19-12-17-5-3-6-20(27-9-4-7-21(27)29)22(17)28(24(19)31)13-16-8-10-32-14-16;1-3-5(2,6)4(7)8;;/h6,8-9,11,13,17-18,21-22H,5,7,10,12,14-16,30H2,1-4H3,(H,31,36)(H,32,38);3,5-6,8,10,14-15,18-19H,4,7,9,11-13,25H2,1-2H3,(H,26,30);3,6H2,1-2H3,(H,7,8);2*1H4/t21-,22?,29+;18-,19?;5-;;/m110../s1. The maximum Gasteiger partial charge on any atom is 0.323 e. The number of carbonyl (C=O) groups excluding carboxylic acids is 7. The summed E-state index contributed by atoms with van der Waals surface area (Å²) in [6.07, 6.45) is 5.13. The highest BCUT2D eigenvalue weighted by atomic mass is 32.1. The summed E-state index contributed by atoms with van der Waals surface area (Å²) in [6, 6.07) is 12.5. The summed E-state index contributed by atoms with van der Waals surface area (Å²) < 4.78 is 0. The molecular formula is C60H88N10O9S2. The molecule has 2 unspecified atom stereocenters. The second kappa shape index (κ2) is 29.5. The first-order valence-corrected chi connectivity index (χ1v) is 29.2. The van der Waals surface area contributed by atoms with Crippen molar-refractivity contribution in [3.63, 3.8) is 0 Å². The maximum atomic E-state index is 14.0. The third-order valence-corrected chi connectivity index (χ3v) is 16.2. The third-order valence-electron chi connectivity index (χ3n) is 14.8. The fraction of sp³-hybridized carbons (Fsp3) is 0.533. The van der Waals surface area contributed by atoms with Crippen molar-refractivity contribution in [2.75, 3.05) is 32.7 Å². The van der Waals surface area contributed by atoms with Crippen LogP contribution < -0.4 is 52.8 Å². The topological polar surface area (TPSA) is 284 Å². The monoisotopic (exact) mass is 1160 g/mol. The Balaban J connectivity index is 0.000000304. The van der Waals surface area contributed by atoms with E-state index in [4.69, 9.17) is 22.3 Å². The van der Waals surface area contributed by atoms with Crippen molar-refractivity contribution < 1.29 is 43.5 Å². The third kappa shape index (κ3) is 16.8. The van der Waals surface area contributed by atoms with Gasteiger partial charge in [-0.05, 0) is 132 Å². The maximum absolute atomic E-state index is 14.0. The molecule has 2 fully saturated rings. The Hall–Kier alpha value is -6.52. The molecule has 0 radical (unpaired) electrons. The molecule has 0 bridgehead atoms. The van der Waals surface area contributed by atoms with Crippen LogP contribution in [0.3, 0.4) is 0 Å². The van der Waals surface area contributed by atoms with E-state index < -0.39 is 53.0 Å². The number of nitrogens with one attached hydrogen (secondary N) is 3. The molecule has 4 aromatic rings. The van der Waals surface area contributed by atoms with Crippen molar-refractivity contribution in [1.29, 1.82) is 0 Å². The van der Waals surface area contributed by atoms with Crippen LogP contribution in [0, 0.1) is 11.8 Å². The number of nitrogens with zero attached hydrogens (tertiary/aromatic N) is 4. The molecule has 4 aliphatic heterocycles. The zero-order valence-electron chi connectivity index (χ0n) is 46.8. The van der Waals surface area contributed by atoms with Crippen molar-refractivity contribution >= 4 is 92.7 Å². The molecule has 4 aliphatic rings. The Bertz CT molecular complexity index is 2820. The van der Waals surface area contributed by atoms with E-state index in [1.807, 2.05) is 105 Å². The number of fused-ring (bicyclic) bond motifs is 2. The number of benzene rings is 2. The van der Waals surface area contributed by atoms with E-state index in [1.54, 1.807) is 56.1 Å². The minimum absolute atomic E-state index is 0. The lowest BCUT2D eigenvalue weighted by Crippen LogP contribution is -2.60. The largest absolute Gasteiger partial charge is 0.480 e. The first-order chi connectivity index (χ1) is 37.4. The second-order valence-electron chi connectivity index (χ2n) is 22.2. The normalized spacial score (nSPS) is 18.8. The fourth-order valence-corrected chi connectivity index (χ4v) is 11.1. The molecule has 0 spiro atoms. The van der Waals surface area contributed by atoms with Gasteiger partial charge >= 0.3 is 5.97 Å². The van der Waals surface area contributed by atoms with Crippen LogP contribution in [0.5, 0.6) is 0 Å². The van der Waals surface area contributed by atoms with E-state index in [1.165, 1.54) is 6.92 Å². The summed E-state index contributed by atoms with van der Waals surface area (Å²) in [7, 11) is 0. The molecule has 2 aromatic heterocycles. The summed E-state index contributed by atoms with van der Waals surface area (Å²) in [5.74, 6) is -1.93. The molecule has 10 N–H and O–H groups in total. The highest BCUT2D eigenvalue weighted by molar-refractivity contribution is 7.08. The zero-order chi connectivity index (χ0) is 57.9. The highest BCUT2D eigenvalue weighted by Crippen LogP contribution is 2.42. The predicted molar refractivity (Wildman–Crippen MR) is 324 cm³/mol. The van der Waals surface area contributed by atoms with Gasteiger partial charge in [0.05, 0.1) is 47.4 Å². The molecular weight excluding hydrogens is 1070 g/mol. The summed E-state index contributed by atoms with van der Waals surface area (Å²) in [5.41, 5.74) is 22.1. The van der Waals surface area contributed by atoms with Crippen molar-refractivity contribution in [2.24, 2.45) is 29.0 Å². The molecule has 2 saturated heterocycles. The van der Waals surface area contributed by atoms with E-state index in [0.717, 1.165) is 57.8 Å². The molecule has 7 amide bonds. The number of carboxylic acid groups (broad SMARTS) is 1. The van der Waals surface area contributed by atoms with Crippen LogP contribution in [0.2, 0.25) is 0 Å². The highest BCUT2D eigenvalue weighted by Gasteiger charge is 2.41. The van der Waals surface area contributed by atoms with Gasteiger partial charge in [-0.25, -0.2) is 0 Å². The summed E-state index contributed by atoms with van der Waals surface area (Å²) >= 11 is 3.12. The van der Waals surface area contributed by atoms with Gasteiger partial charge in [0, 0.05) is 38.8 Å². The van der Waals surface area contributed by atoms with Crippen molar-refractivity contribution in [3.05, 3.63) is 92.3 Å². The van der Waals surface area contributed by atoms with Crippen molar-refractivity contribution in [1.82, 2.24) is 16.0 Å². The quantitative estimate of drug-likeness (QED) is 0.0484. The summed E-state index contributed by atoms with van der Waals surface area (Å²) in [6.45, 7) is 16.7. The minimum Gasteiger partial charge on any atom is -0.480 e. The van der Waals surface area contributed by atoms with Crippen molar-refractivity contribution in [3.8, 4) is 0 Å². The van der Waals surface area contributed by atoms with Crippen LogP contribution in [0.15, 0.2) is 70.1 Å². The lowest BCUT2D eigenvalue weighted by molar-refractivity contribution is -0.142. The number of amides is 7. The van der Waals surface area contributed by atoms with Gasteiger partial charge < -0.3 is 57.9 Å². The van der Waals surface area contributed by atoms with E-state index in [2.05, 4.69) is 16.0 Å². The Labute approximate surface area is 486 Å². The molecule has 21 heteroatoms. The lowest BCUT2D eigenvalue weighted by atomic mass is 9.94. The number of aliphatic carboxylic acids is 1. The van der Waals surface area contributed by atoms with Gasteiger partial charge in [-0.2, -0.15) is 22.7 Å². The molecule has 6 heterocycles. The lowest BCUT2D eigenvalue weighted by Gasteiger charge is -2.38. The molecule has 0 saturated carbocycles. The number of hydrogen-bond acceptors (Lipinski definition) is 13. The van der Waals surface area contributed by atoms with Gasteiger partial charge in [-0.15, -0.1) is 0 Å². The van der Waals surface area contributed by atoms with Crippen molar-refractivity contribution in [2.45, 2.75) is 183 Å². The van der Waals surface area contributed by atoms with Gasteiger partial charge in [0.2, 0.25) is 41.4 Å². The average molecular weight is 1160 g/mol. The predicted octanol–water partition coefficient (Wildman–Crippen LogP) is 7.40. The van der Waals surface area contributed by atoms with Gasteiger partial charge in [-0.1, -0.05) is 80.7 Å². The SMILES string of the molecule is C.C.CC(C)C[C@@H](N)C(=O)NC1Cc2cccc(N3CCCC3=O)c2N(Cc2ccsc2)C1=O.CC[C@](C)(N)C(=O)N[C@H](CC(C)C)C(=O)NC1Cc2cccc(N3CCCC3=O)c2N(Cc2ccsc2)C1=O.CC[C@](C)(N)C(=O)O. The minimum atomic E-state index is -1.10. The average Bonchev–Trinajstić information content (AvgIpc) is 4.27. The molecule has 8 rings (SSSR count). The molecule has 0 aliphatic carbocycles. The van der Waals surface area contributed by atoms with Gasteiger partial charge in [0.15, 0.2) is 0 Å². The van der Waals surface area contributed by atoms with E-state index >= 15 is 0 Å². The number of nitrogens with two attached hydrogens (primary N) is 3. The Morgan fingerprint density at radius 2 is 1.10 bits per heavy atom. The fourth-order valence-electron chi connectivity index (χ4n) is 9.73. The van der Waals surface area contributed by atoms with E-state index in [9.17, 15) is 38.4 Å². The van der Waals surface area contributed by atoms with Crippen LogP contribution in [0.1, 0.15) is 144 Å². The smallest absolute Gasteiger partial charge is 0.323 e. The summed E-state index contributed by atoms with van der Waals surface area (Å²) in [4.78, 5) is 109. The van der Waals surface area contributed by atoms with Crippen LogP contribution in [-0.4, -0.2) is 101 Å². The molecule has 444 valence electrons. The number of thiophene rings is 2. The number of hydrogen-bond donors (Lipinski definition) is 7. The molecule has 81 heavy (non-hydrogen) atoms.